The molecule has 3 heteroatoms. The van der Waals surface area contributed by atoms with Crippen molar-refractivity contribution >= 4 is 0 Å². The molecule has 104 valence electrons. The smallest absolute Gasteiger partial charge is 0.0580 e. The third-order valence-electron chi connectivity index (χ3n) is 6.03. The van der Waals surface area contributed by atoms with Crippen molar-refractivity contribution in [1.29, 1.82) is 0 Å². The second-order valence-corrected chi connectivity index (χ2v) is 7.35. The lowest BCUT2D eigenvalue weighted by molar-refractivity contribution is -0.00316. The molecular formula is C16H25N3. The molecule has 1 unspecified atom stereocenters. The van der Waals surface area contributed by atoms with Crippen molar-refractivity contribution in [3.63, 3.8) is 0 Å². The second kappa shape index (κ2) is 4.08. The minimum atomic E-state index is 0.0969. The summed E-state index contributed by atoms with van der Waals surface area (Å²) in [5.74, 6) is 4.65. The molecule has 19 heavy (non-hydrogen) atoms. The Morgan fingerprint density at radius 3 is 2.26 bits per heavy atom. The van der Waals surface area contributed by atoms with Crippen LogP contribution in [-0.2, 0) is 7.05 Å². The quantitative estimate of drug-likeness (QED) is 0.887. The first-order valence-corrected chi connectivity index (χ1v) is 7.90. The molecule has 4 bridgehead atoms. The number of aromatic nitrogens is 2. The van der Waals surface area contributed by atoms with Gasteiger partial charge in [-0.15, -0.1) is 0 Å². The summed E-state index contributed by atoms with van der Waals surface area (Å²) in [6, 6.07) is 0.0969. The first-order chi connectivity index (χ1) is 9.13. The summed E-state index contributed by atoms with van der Waals surface area (Å²) in [6.07, 6.45) is 9.49. The van der Waals surface area contributed by atoms with Crippen molar-refractivity contribution in [1.82, 2.24) is 9.78 Å². The van der Waals surface area contributed by atoms with Gasteiger partial charge in [-0.05, 0) is 74.2 Å². The highest BCUT2D eigenvalue weighted by Gasteiger charge is 2.49. The molecule has 1 heterocycles. The minimum Gasteiger partial charge on any atom is -0.323 e. The topological polar surface area (TPSA) is 43.8 Å². The summed E-state index contributed by atoms with van der Waals surface area (Å²) in [5.41, 5.74) is 8.95. The lowest BCUT2D eigenvalue weighted by Crippen LogP contribution is -2.44. The maximum Gasteiger partial charge on any atom is 0.0580 e. The Morgan fingerprint density at radius 2 is 1.74 bits per heavy atom. The second-order valence-electron chi connectivity index (χ2n) is 7.35. The SMILES string of the molecule is CC(N)c1c(C2C3CC4CC(C3)CC2C4)cnn1C. The Morgan fingerprint density at radius 1 is 1.16 bits per heavy atom. The van der Waals surface area contributed by atoms with Crippen LogP contribution in [0.25, 0.3) is 0 Å². The van der Waals surface area contributed by atoms with E-state index >= 15 is 0 Å². The van der Waals surface area contributed by atoms with Crippen LogP contribution in [0.3, 0.4) is 0 Å². The zero-order valence-electron chi connectivity index (χ0n) is 12.0. The van der Waals surface area contributed by atoms with Gasteiger partial charge in [0.25, 0.3) is 0 Å². The van der Waals surface area contributed by atoms with Gasteiger partial charge in [-0.3, -0.25) is 4.68 Å². The average Bonchev–Trinajstić information content (AvgIpc) is 2.69. The van der Waals surface area contributed by atoms with Gasteiger partial charge in [-0.25, -0.2) is 0 Å². The van der Waals surface area contributed by atoms with Crippen molar-refractivity contribution in [2.24, 2.45) is 36.5 Å². The van der Waals surface area contributed by atoms with E-state index in [1.54, 1.807) is 0 Å². The molecule has 4 aliphatic carbocycles. The molecule has 0 aliphatic heterocycles. The molecule has 0 spiro atoms. The molecule has 0 saturated heterocycles. The lowest BCUT2D eigenvalue weighted by atomic mass is 9.50. The van der Waals surface area contributed by atoms with Crippen molar-refractivity contribution in [3.05, 3.63) is 17.5 Å². The van der Waals surface area contributed by atoms with E-state index in [2.05, 4.69) is 18.2 Å². The number of hydrogen-bond donors (Lipinski definition) is 1. The molecule has 1 aromatic heterocycles. The Hall–Kier alpha value is -0.830. The number of rotatable bonds is 2. The first kappa shape index (κ1) is 12.0. The third-order valence-corrected chi connectivity index (χ3v) is 6.03. The molecule has 4 saturated carbocycles. The number of aryl methyl sites for hydroxylation is 1. The largest absolute Gasteiger partial charge is 0.323 e. The van der Waals surface area contributed by atoms with Gasteiger partial charge < -0.3 is 5.73 Å². The molecule has 0 aromatic carbocycles. The predicted octanol–water partition coefficient (Wildman–Crippen LogP) is 2.98. The molecule has 2 N–H and O–H groups in total. The van der Waals surface area contributed by atoms with Crippen LogP contribution in [0.2, 0.25) is 0 Å². The molecule has 0 amide bonds. The highest BCUT2D eigenvalue weighted by Crippen LogP contribution is 2.60. The molecule has 0 radical (unpaired) electrons. The normalized spacial score (nSPS) is 41.7. The van der Waals surface area contributed by atoms with Crippen LogP contribution < -0.4 is 5.73 Å². The van der Waals surface area contributed by atoms with Crippen LogP contribution in [-0.4, -0.2) is 9.78 Å². The van der Waals surface area contributed by atoms with Gasteiger partial charge >= 0.3 is 0 Å². The van der Waals surface area contributed by atoms with Crippen LogP contribution >= 0.6 is 0 Å². The number of hydrogen-bond acceptors (Lipinski definition) is 2. The van der Waals surface area contributed by atoms with Crippen molar-refractivity contribution in [2.45, 2.75) is 51.0 Å². The Bertz CT molecular complexity index is 460. The van der Waals surface area contributed by atoms with Gasteiger partial charge in [0.15, 0.2) is 0 Å². The van der Waals surface area contributed by atoms with Crippen molar-refractivity contribution in [3.8, 4) is 0 Å². The highest BCUT2D eigenvalue weighted by molar-refractivity contribution is 5.28. The fourth-order valence-corrected chi connectivity index (χ4v) is 5.71. The molecule has 1 aromatic rings. The maximum atomic E-state index is 6.19. The van der Waals surface area contributed by atoms with Crippen LogP contribution in [0.1, 0.15) is 62.2 Å². The summed E-state index contributed by atoms with van der Waals surface area (Å²) in [4.78, 5) is 0. The monoisotopic (exact) mass is 259 g/mol. The van der Waals surface area contributed by atoms with Crippen LogP contribution in [0.5, 0.6) is 0 Å². The van der Waals surface area contributed by atoms with E-state index in [1.807, 2.05) is 11.7 Å². The maximum absolute atomic E-state index is 6.19. The number of nitrogens with zero attached hydrogens (tertiary/aromatic N) is 2. The molecular weight excluding hydrogens is 234 g/mol. The zero-order chi connectivity index (χ0) is 13.1. The molecule has 3 nitrogen and oxygen atoms in total. The van der Waals surface area contributed by atoms with E-state index in [1.165, 1.54) is 43.4 Å². The van der Waals surface area contributed by atoms with Crippen molar-refractivity contribution in [2.75, 3.05) is 0 Å². The number of nitrogens with two attached hydrogens (primary N) is 1. The molecule has 4 fully saturated rings. The van der Waals surface area contributed by atoms with E-state index < -0.39 is 0 Å². The van der Waals surface area contributed by atoms with Gasteiger partial charge in [-0.2, -0.15) is 5.10 Å². The van der Waals surface area contributed by atoms with E-state index in [0.29, 0.717) is 0 Å². The van der Waals surface area contributed by atoms with E-state index in [-0.39, 0.29) is 6.04 Å². The fourth-order valence-electron chi connectivity index (χ4n) is 5.71. The summed E-state index contributed by atoms with van der Waals surface area (Å²) < 4.78 is 2.01. The van der Waals surface area contributed by atoms with Gasteiger partial charge in [0.05, 0.1) is 11.9 Å². The van der Waals surface area contributed by atoms with Crippen LogP contribution in [0.4, 0.5) is 0 Å². The van der Waals surface area contributed by atoms with Gasteiger partial charge in [0.1, 0.15) is 0 Å². The Kier molecular flexibility index (Phi) is 2.57. The predicted molar refractivity (Wildman–Crippen MR) is 75.6 cm³/mol. The van der Waals surface area contributed by atoms with E-state index in [9.17, 15) is 0 Å². The zero-order valence-corrected chi connectivity index (χ0v) is 12.0. The van der Waals surface area contributed by atoms with Gasteiger partial charge in [-0.1, -0.05) is 0 Å². The average molecular weight is 259 g/mol. The Balaban J connectivity index is 1.73. The summed E-state index contributed by atoms with van der Waals surface area (Å²) in [5, 5.41) is 4.51. The standard InChI is InChI=1S/C16H25N3/c1-9(17)16-14(8-18-19(16)2)15-12-4-10-3-11(6-12)7-13(15)5-10/h8-13,15H,3-7,17H2,1-2H3. The third kappa shape index (κ3) is 1.70. The summed E-state index contributed by atoms with van der Waals surface area (Å²) in [7, 11) is 2.04. The van der Waals surface area contributed by atoms with Gasteiger partial charge in [0.2, 0.25) is 0 Å². The van der Waals surface area contributed by atoms with E-state index in [4.69, 9.17) is 5.73 Å². The van der Waals surface area contributed by atoms with E-state index in [0.717, 1.165) is 29.6 Å². The Labute approximate surface area is 115 Å². The van der Waals surface area contributed by atoms with Crippen molar-refractivity contribution < 1.29 is 0 Å². The summed E-state index contributed by atoms with van der Waals surface area (Å²) >= 11 is 0. The molecule has 4 aliphatic rings. The van der Waals surface area contributed by atoms with Gasteiger partial charge in [0, 0.05) is 13.1 Å². The highest BCUT2D eigenvalue weighted by atomic mass is 15.3. The lowest BCUT2D eigenvalue weighted by Gasteiger charge is -2.54. The van der Waals surface area contributed by atoms with Crippen LogP contribution in [0, 0.1) is 23.7 Å². The molecule has 5 rings (SSSR count). The van der Waals surface area contributed by atoms with Crippen LogP contribution in [0.15, 0.2) is 6.20 Å². The fraction of sp³-hybridized carbons (Fsp3) is 0.812. The first-order valence-electron chi connectivity index (χ1n) is 7.90. The summed E-state index contributed by atoms with van der Waals surface area (Å²) in [6.45, 7) is 2.09. The minimum absolute atomic E-state index is 0.0969. The molecule has 1 atom stereocenters.